The molecule has 2 aromatic carbocycles. The molecule has 1 amide bonds. The Balaban J connectivity index is 1.69. The molecule has 29 heavy (non-hydrogen) atoms. The summed E-state index contributed by atoms with van der Waals surface area (Å²) < 4.78 is 66.9. The molecule has 1 fully saturated rings. The van der Waals surface area contributed by atoms with Crippen molar-refractivity contribution in [2.45, 2.75) is 19.2 Å². The number of ketones is 1. The Bertz CT molecular complexity index is 911. The molecule has 9 heteroatoms. The average molecular weight is 413 g/mol. The molecule has 0 unspecified atom stereocenters. The van der Waals surface area contributed by atoms with Gasteiger partial charge >= 0.3 is 6.36 Å². The Morgan fingerprint density at radius 3 is 2.24 bits per heavy atom. The van der Waals surface area contributed by atoms with Gasteiger partial charge in [-0.05, 0) is 55.3 Å². The number of Topliss-reactive ketones (excluding diaryl/α,β-unsaturated/α-hetero) is 1. The number of piperidine rings is 1. The Morgan fingerprint density at radius 2 is 1.62 bits per heavy atom. The van der Waals surface area contributed by atoms with Crippen LogP contribution in [0.4, 0.5) is 22.0 Å². The third-order valence-corrected chi connectivity index (χ3v) is 4.62. The first-order valence-corrected chi connectivity index (χ1v) is 8.78. The van der Waals surface area contributed by atoms with Crippen LogP contribution in [-0.4, -0.2) is 36.0 Å². The fourth-order valence-corrected chi connectivity index (χ4v) is 3.24. The molecule has 0 aliphatic carbocycles. The molecule has 0 saturated carbocycles. The van der Waals surface area contributed by atoms with Gasteiger partial charge in [-0.2, -0.15) is 0 Å². The Kier molecular flexibility index (Phi) is 5.86. The van der Waals surface area contributed by atoms with Crippen LogP contribution in [0.5, 0.6) is 5.75 Å². The minimum absolute atomic E-state index is 0.0249. The molecule has 4 nitrogen and oxygen atoms in total. The standard InChI is InChI=1S/C20H16F5NO3/c21-16-8-5-13(10-17(16)22)18(27)14-2-1-9-26(11-14)19(28)12-3-6-15(7-4-12)29-20(23,24)25/h3-8,10,14H,1-2,9,11H2/t14-/m0/s1. The van der Waals surface area contributed by atoms with Crippen molar-refractivity contribution >= 4 is 11.7 Å². The van der Waals surface area contributed by atoms with Crippen molar-refractivity contribution in [3.8, 4) is 5.75 Å². The third-order valence-electron chi connectivity index (χ3n) is 4.62. The number of likely N-dealkylation sites (tertiary alicyclic amines) is 1. The molecule has 1 saturated heterocycles. The molecule has 0 radical (unpaired) electrons. The van der Waals surface area contributed by atoms with Gasteiger partial charge in [0, 0.05) is 30.1 Å². The van der Waals surface area contributed by atoms with E-state index in [-0.39, 0.29) is 17.7 Å². The fourth-order valence-electron chi connectivity index (χ4n) is 3.24. The molecule has 0 spiro atoms. The highest BCUT2D eigenvalue weighted by molar-refractivity contribution is 5.99. The number of carbonyl (C=O) groups excluding carboxylic acids is 2. The van der Waals surface area contributed by atoms with E-state index >= 15 is 0 Å². The van der Waals surface area contributed by atoms with Gasteiger partial charge in [0.15, 0.2) is 17.4 Å². The molecule has 2 aromatic rings. The first-order chi connectivity index (χ1) is 13.6. The van der Waals surface area contributed by atoms with Crippen molar-refractivity contribution < 1.29 is 36.3 Å². The van der Waals surface area contributed by atoms with Gasteiger partial charge in [-0.1, -0.05) is 0 Å². The van der Waals surface area contributed by atoms with E-state index in [9.17, 15) is 31.5 Å². The summed E-state index contributed by atoms with van der Waals surface area (Å²) in [4.78, 5) is 26.7. The number of alkyl halides is 3. The topological polar surface area (TPSA) is 46.6 Å². The minimum atomic E-state index is -4.83. The van der Waals surface area contributed by atoms with Crippen LogP contribution in [0.2, 0.25) is 0 Å². The SMILES string of the molecule is O=C(c1ccc(F)c(F)c1)[C@H]1CCCN(C(=O)c2ccc(OC(F)(F)F)cc2)C1. The molecule has 1 aliphatic rings. The summed E-state index contributed by atoms with van der Waals surface area (Å²) in [6.45, 7) is 0.457. The van der Waals surface area contributed by atoms with Gasteiger partial charge in [0.05, 0.1) is 0 Å². The number of hydrogen-bond acceptors (Lipinski definition) is 3. The van der Waals surface area contributed by atoms with E-state index in [1.54, 1.807) is 0 Å². The summed E-state index contributed by atoms with van der Waals surface area (Å²) in [5.41, 5.74) is 0.178. The molecular weight excluding hydrogens is 397 g/mol. The van der Waals surface area contributed by atoms with Crippen LogP contribution in [0.15, 0.2) is 42.5 Å². The zero-order chi connectivity index (χ0) is 21.2. The smallest absolute Gasteiger partial charge is 0.406 e. The van der Waals surface area contributed by atoms with Crippen molar-refractivity contribution in [3.63, 3.8) is 0 Å². The second kappa shape index (κ2) is 8.18. The maximum Gasteiger partial charge on any atom is 0.573 e. The van der Waals surface area contributed by atoms with E-state index < -0.39 is 41.4 Å². The van der Waals surface area contributed by atoms with Gasteiger partial charge in [-0.3, -0.25) is 9.59 Å². The molecule has 3 rings (SSSR count). The van der Waals surface area contributed by atoms with Crippen LogP contribution in [-0.2, 0) is 0 Å². The van der Waals surface area contributed by atoms with Crippen LogP contribution >= 0.6 is 0 Å². The van der Waals surface area contributed by atoms with E-state index in [2.05, 4.69) is 4.74 Å². The fraction of sp³-hybridized carbons (Fsp3) is 0.300. The number of carbonyl (C=O) groups is 2. The Labute approximate surface area is 162 Å². The monoisotopic (exact) mass is 413 g/mol. The van der Waals surface area contributed by atoms with Crippen LogP contribution in [0, 0.1) is 17.6 Å². The summed E-state index contributed by atoms with van der Waals surface area (Å²) in [6, 6.07) is 7.40. The van der Waals surface area contributed by atoms with Crippen molar-refractivity contribution in [1.82, 2.24) is 4.90 Å². The number of hydrogen-bond donors (Lipinski definition) is 0. The summed E-state index contributed by atoms with van der Waals surface area (Å²) in [5.74, 6) is -4.04. The van der Waals surface area contributed by atoms with Gasteiger partial charge in [-0.15, -0.1) is 13.2 Å². The molecule has 0 N–H and O–H groups in total. The number of ether oxygens (including phenoxy) is 1. The predicted molar refractivity (Wildman–Crippen MR) is 92.4 cm³/mol. The predicted octanol–water partition coefficient (Wildman–Crippen LogP) is 4.60. The summed E-state index contributed by atoms with van der Waals surface area (Å²) in [5, 5.41) is 0. The second-order valence-electron chi connectivity index (χ2n) is 6.66. The minimum Gasteiger partial charge on any atom is -0.406 e. The highest BCUT2D eigenvalue weighted by Gasteiger charge is 2.32. The summed E-state index contributed by atoms with van der Waals surface area (Å²) in [6.07, 6.45) is -3.81. The number of nitrogens with zero attached hydrogens (tertiary/aromatic N) is 1. The van der Waals surface area contributed by atoms with Gasteiger partial charge in [0.1, 0.15) is 5.75 Å². The normalized spacial score (nSPS) is 17.1. The highest BCUT2D eigenvalue weighted by Crippen LogP contribution is 2.25. The Morgan fingerprint density at radius 1 is 0.966 bits per heavy atom. The molecule has 0 bridgehead atoms. The van der Waals surface area contributed by atoms with Gasteiger partial charge in [0.2, 0.25) is 0 Å². The molecule has 154 valence electrons. The quantitative estimate of drug-likeness (QED) is 0.544. The average Bonchev–Trinajstić information content (AvgIpc) is 2.68. The third kappa shape index (κ3) is 5.10. The molecule has 1 aliphatic heterocycles. The maximum absolute atomic E-state index is 13.4. The zero-order valence-electron chi connectivity index (χ0n) is 15.0. The van der Waals surface area contributed by atoms with E-state index in [4.69, 9.17) is 0 Å². The lowest BCUT2D eigenvalue weighted by atomic mass is 9.89. The lowest BCUT2D eigenvalue weighted by Crippen LogP contribution is -2.42. The number of halogens is 5. The van der Waals surface area contributed by atoms with Crippen molar-refractivity contribution in [2.24, 2.45) is 5.92 Å². The summed E-state index contributed by atoms with van der Waals surface area (Å²) >= 11 is 0. The lowest BCUT2D eigenvalue weighted by Gasteiger charge is -2.32. The van der Waals surface area contributed by atoms with E-state index in [1.165, 1.54) is 23.1 Å². The van der Waals surface area contributed by atoms with Crippen LogP contribution in [0.3, 0.4) is 0 Å². The number of benzene rings is 2. The zero-order valence-corrected chi connectivity index (χ0v) is 15.0. The van der Waals surface area contributed by atoms with Crippen LogP contribution in [0.25, 0.3) is 0 Å². The molecule has 1 atom stereocenters. The number of amides is 1. The highest BCUT2D eigenvalue weighted by atomic mass is 19.4. The Hall–Kier alpha value is -2.97. The molecular formula is C20H16F5NO3. The largest absolute Gasteiger partial charge is 0.573 e. The maximum atomic E-state index is 13.4. The van der Waals surface area contributed by atoms with Crippen molar-refractivity contribution in [2.75, 3.05) is 13.1 Å². The van der Waals surface area contributed by atoms with Crippen molar-refractivity contribution in [3.05, 3.63) is 65.2 Å². The first-order valence-electron chi connectivity index (χ1n) is 8.78. The first kappa shape index (κ1) is 20.8. The van der Waals surface area contributed by atoms with Crippen LogP contribution < -0.4 is 4.74 Å². The van der Waals surface area contributed by atoms with Gasteiger partial charge in [-0.25, -0.2) is 8.78 Å². The lowest BCUT2D eigenvalue weighted by molar-refractivity contribution is -0.274. The van der Waals surface area contributed by atoms with Crippen molar-refractivity contribution in [1.29, 1.82) is 0 Å². The van der Waals surface area contributed by atoms with E-state index in [1.807, 2.05) is 0 Å². The van der Waals surface area contributed by atoms with Gasteiger partial charge < -0.3 is 9.64 Å². The second-order valence-corrected chi connectivity index (χ2v) is 6.66. The van der Waals surface area contributed by atoms with Gasteiger partial charge in [0.25, 0.3) is 5.91 Å². The number of rotatable bonds is 4. The summed E-state index contributed by atoms with van der Waals surface area (Å²) in [7, 11) is 0. The molecule has 0 aromatic heterocycles. The van der Waals surface area contributed by atoms with E-state index in [0.717, 1.165) is 24.3 Å². The van der Waals surface area contributed by atoms with E-state index in [0.29, 0.717) is 19.4 Å². The molecule has 1 heterocycles. The van der Waals surface area contributed by atoms with Crippen LogP contribution in [0.1, 0.15) is 33.6 Å².